The van der Waals surface area contributed by atoms with Crippen molar-refractivity contribution >= 4 is 23.0 Å². The summed E-state index contributed by atoms with van der Waals surface area (Å²) >= 11 is 0. The molecule has 1 aromatic carbocycles. The van der Waals surface area contributed by atoms with Gasteiger partial charge in [0.05, 0.1) is 22.6 Å². The monoisotopic (exact) mass is 304 g/mol. The summed E-state index contributed by atoms with van der Waals surface area (Å²) in [5, 5.41) is 6.44. The maximum atomic E-state index is 12.4. The first-order valence-electron chi connectivity index (χ1n) is 8.11. The van der Waals surface area contributed by atoms with Crippen molar-refractivity contribution in [3.63, 3.8) is 0 Å². The zero-order chi connectivity index (χ0) is 16.3. The average molecular weight is 304 g/mol. The van der Waals surface area contributed by atoms with E-state index in [4.69, 9.17) is 5.73 Å². The van der Waals surface area contributed by atoms with Crippen LogP contribution in [0.2, 0.25) is 0 Å². The Balaban J connectivity index is 2.35. The normalized spacial score (nSPS) is 15.3. The molecule has 0 bridgehead atoms. The summed E-state index contributed by atoms with van der Waals surface area (Å²) in [6.45, 7) is 7.80. The Morgan fingerprint density at radius 3 is 2.59 bits per heavy atom. The zero-order valence-electron chi connectivity index (χ0n) is 14.1. The van der Waals surface area contributed by atoms with Crippen molar-refractivity contribution in [1.29, 1.82) is 0 Å². The van der Waals surface area contributed by atoms with Gasteiger partial charge >= 0.3 is 0 Å². The first-order valence-corrected chi connectivity index (χ1v) is 8.11. The summed E-state index contributed by atoms with van der Waals surface area (Å²) < 4.78 is 0. The summed E-state index contributed by atoms with van der Waals surface area (Å²) in [6, 6.07) is 3.80. The Kier molecular flexibility index (Phi) is 4.84. The lowest BCUT2D eigenvalue weighted by atomic mass is 10.1. The third-order valence-electron chi connectivity index (χ3n) is 4.27. The van der Waals surface area contributed by atoms with E-state index >= 15 is 0 Å². The van der Waals surface area contributed by atoms with Crippen LogP contribution >= 0.6 is 0 Å². The zero-order valence-corrected chi connectivity index (χ0v) is 14.1. The van der Waals surface area contributed by atoms with E-state index in [-0.39, 0.29) is 11.4 Å². The minimum atomic E-state index is -0.0620. The molecule has 5 heteroatoms. The van der Waals surface area contributed by atoms with Gasteiger partial charge < -0.3 is 21.3 Å². The van der Waals surface area contributed by atoms with E-state index in [1.165, 1.54) is 0 Å². The molecular formula is C17H28N4O. The number of nitrogens with zero attached hydrogens (tertiary/aromatic N) is 1. The molecule has 0 radical (unpaired) electrons. The quantitative estimate of drug-likeness (QED) is 0.677. The highest BCUT2D eigenvalue weighted by Crippen LogP contribution is 2.41. The molecule has 0 saturated heterocycles. The number of carbonyl (C=O) groups excluding carboxylic acids is 1. The number of benzene rings is 1. The molecule has 2 rings (SSSR count). The van der Waals surface area contributed by atoms with Gasteiger partial charge in [-0.3, -0.25) is 4.79 Å². The summed E-state index contributed by atoms with van der Waals surface area (Å²) in [7, 11) is 1.99. The van der Waals surface area contributed by atoms with Gasteiger partial charge in [-0.1, -0.05) is 6.92 Å². The number of rotatable bonds is 7. The van der Waals surface area contributed by atoms with E-state index in [0.717, 1.165) is 37.2 Å². The second kappa shape index (κ2) is 6.46. The van der Waals surface area contributed by atoms with Crippen molar-refractivity contribution < 1.29 is 4.79 Å². The summed E-state index contributed by atoms with van der Waals surface area (Å²) in [6.07, 6.45) is 3.23. The largest absolute Gasteiger partial charge is 0.397 e. The Labute approximate surface area is 133 Å². The Morgan fingerprint density at radius 2 is 2.05 bits per heavy atom. The van der Waals surface area contributed by atoms with Crippen LogP contribution in [-0.2, 0) is 0 Å². The van der Waals surface area contributed by atoms with Gasteiger partial charge in [0.15, 0.2) is 0 Å². The highest BCUT2D eigenvalue weighted by molar-refractivity contribution is 6.02. The molecule has 0 heterocycles. The first kappa shape index (κ1) is 16.5. The van der Waals surface area contributed by atoms with Crippen molar-refractivity contribution in [3.8, 4) is 0 Å². The van der Waals surface area contributed by atoms with Crippen LogP contribution in [0.4, 0.5) is 17.1 Å². The third kappa shape index (κ3) is 3.64. The van der Waals surface area contributed by atoms with Gasteiger partial charge in [0.2, 0.25) is 0 Å². The maximum absolute atomic E-state index is 12.4. The van der Waals surface area contributed by atoms with Gasteiger partial charge in [0, 0.05) is 25.7 Å². The second-order valence-electron chi connectivity index (χ2n) is 6.41. The van der Waals surface area contributed by atoms with E-state index in [1.54, 1.807) is 6.07 Å². The summed E-state index contributed by atoms with van der Waals surface area (Å²) in [4.78, 5) is 14.5. The fourth-order valence-corrected chi connectivity index (χ4v) is 2.35. The van der Waals surface area contributed by atoms with E-state index < -0.39 is 0 Å². The number of carbonyl (C=O) groups is 1. The van der Waals surface area contributed by atoms with Crippen molar-refractivity contribution in [2.24, 2.45) is 0 Å². The van der Waals surface area contributed by atoms with Crippen molar-refractivity contribution in [1.82, 2.24) is 5.32 Å². The Bertz CT molecular complexity index is 552. The molecule has 1 saturated carbocycles. The number of hydrogen-bond acceptors (Lipinski definition) is 4. The highest BCUT2D eigenvalue weighted by atomic mass is 16.1. The van der Waals surface area contributed by atoms with Crippen LogP contribution in [0.15, 0.2) is 12.1 Å². The molecule has 1 fully saturated rings. The van der Waals surface area contributed by atoms with Gasteiger partial charge in [0.1, 0.15) is 0 Å². The number of nitrogens with one attached hydrogen (secondary N) is 2. The molecule has 4 N–H and O–H groups in total. The minimum absolute atomic E-state index is 0.0620. The number of anilines is 3. The molecule has 1 aromatic rings. The maximum Gasteiger partial charge on any atom is 0.253 e. The molecule has 0 spiro atoms. The standard InChI is InChI=1S/C17H28N4O/c1-5-9-19-16(22)12-10-13(18)14(20-17(3)7-8-17)11-15(12)21(4)6-2/h10-11,20H,5-9,18H2,1-4H3,(H,19,22). The topological polar surface area (TPSA) is 70.4 Å². The van der Waals surface area contributed by atoms with Gasteiger partial charge in [-0.25, -0.2) is 0 Å². The molecule has 0 unspecified atom stereocenters. The van der Waals surface area contributed by atoms with Crippen LogP contribution in [0.25, 0.3) is 0 Å². The first-order chi connectivity index (χ1) is 10.4. The Hall–Kier alpha value is -1.91. The van der Waals surface area contributed by atoms with Gasteiger partial charge in [-0.15, -0.1) is 0 Å². The molecule has 0 aliphatic heterocycles. The minimum Gasteiger partial charge on any atom is -0.397 e. The molecule has 1 amide bonds. The van der Waals surface area contributed by atoms with Gasteiger partial charge in [0.25, 0.3) is 5.91 Å². The van der Waals surface area contributed by atoms with E-state index in [9.17, 15) is 4.79 Å². The third-order valence-corrected chi connectivity index (χ3v) is 4.27. The average Bonchev–Trinajstić information content (AvgIpc) is 3.23. The fourth-order valence-electron chi connectivity index (χ4n) is 2.35. The fraction of sp³-hybridized carbons (Fsp3) is 0.588. The van der Waals surface area contributed by atoms with Crippen LogP contribution in [0.1, 0.15) is 50.4 Å². The molecule has 122 valence electrons. The predicted molar refractivity (Wildman–Crippen MR) is 93.7 cm³/mol. The van der Waals surface area contributed by atoms with Crippen molar-refractivity contribution in [3.05, 3.63) is 17.7 Å². The molecule has 5 nitrogen and oxygen atoms in total. The molecule has 0 atom stereocenters. The highest BCUT2D eigenvalue weighted by Gasteiger charge is 2.37. The smallest absolute Gasteiger partial charge is 0.253 e. The van der Waals surface area contributed by atoms with Crippen LogP contribution in [0, 0.1) is 0 Å². The summed E-state index contributed by atoms with van der Waals surface area (Å²) in [5.41, 5.74) is 9.43. The molecule has 22 heavy (non-hydrogen) atoms. The number of nitrogens with two attached hydrogens (primary N) is 1. The Morgan fingerprint density at radius 1 is 1.36 bits per heavy atom. The van der Waals surface area contributed by atoms with Crippen molar-refractivity contribution in [2.75, 3.05) is 36.1 Å². The van der Waals surface area contributed by atoms with E-state index in [1.807, 2.05) is 20.0 Å². The van der Waals surface area contributed by atoms with E-state index in [0.29, 0.717) is 17.8 Å². The van der Waals surface area contributed by atoms with Crippen LogP contribution in [0.3, 0.4) is 0 Å². The predicted octanol–water partition coefficient (Wildman–Crippen LogP) is 2.83. The lowest BCUT2D eigenvalue weighted by Crippen LogP contribution is -2.28. The van der Waals surface area contributed by atoms with E-state index in [2.05, 4.69) is 29.4 Å². The molecule has 0 aromatic heterocycles. The van der Waals surface area contributed by atoms with Gasteiger partial charge in [-0.05, 0) is 45.2 Å². The SMILES string of the molecule is CCCNC(=O)c1cc(N)c(NC2(C)CC2)cc1N(C)CC. The van der Waals surface area contributed by atoms with Crippen LogP contribution in [0.5, 0.6) is 0 Å². The molecule has 1 aliphatic carbocycles. The summed E-state index contributed by atoms with van der Waals surface area (Å²) in [5.74, 6) is -0.0620. The number of hydrogen-bond donors (Lipinski definition) is 3. The molecule has 1 aliphatic rings. The second-order valence-corrected chi connectivity index (χ2v) is 6.41. The lowest BCUT2D eigenvalue weighted by molar-refractivity contribution is 0.0954. The van der Waals surface area contributed by atoms with Crippen LogP contribution < -0.4 is 21.3 Å². The number of nitrogen functional groups attached to an aromatic ring is 1. The lowest BCUT2D eigenvalue weighted by Gasteiger charge is -2.24. The van der Waals surface area contributed by atoms with Gasteiger partial charge in [-0.2, -0.15) is 0 Å². The number of amides is 1. The van der Waals surface area contributed by atoms with Crippen molar-refractivity contribution in [2.45, 2.75) is 45.6 Å². The molecular weight excluding hydrogens is 276 g/mol. The van der Waals surface area contributed by atoms with Crippen LogP contribution in [-0.4, -0.2) is 31.6 Å².